The number of amides is 2. The molecule has 0 saturated heterocycles. The van der Waals surface area contributed by atoms with Crippen molar-refractivity contribution in [1.82, 2.24) is 15.1 Å². The molecule has 42 heavy (non-hydrogen) atoms. The minimum atomic E-state index is -1.02. The Kier molecular flexibility index (Phi) is 8.24. The summed E-state index contributed by atoms with van der Waals surface area (Å²) in [5.41, 5.74) is 2.99. The molecule has 0 aliphatic carbocycles. The molecule has 1 atom stereocenters. The number of aromatic nitrogens is 3. The van der Waals surface area contributed by atoms with E-state index in [1.807, 2.05) is 60.7 Å². The van der Waals surface area contributed by atoms with Gasteiger partial charge in [-0.2, -0.15) is 14.2 Å². The number of pyridine rings is 1. The second-order valence-electron chi connectivity index (χ2n) is 9.57. The summed E-state index contributed by atoms with van der Waals surface area (Å²) in [5, 5.41) is 21.5. The fourth-order valence-corrected chi connectivity index (χ4v) is 4.90. The molecule has 0 fully saturated rings. The second kappa shape index (κ2) is 12.3. The predicted octanol–water partition coefficient (Wildman–Crippen LogP) is 4.44. The van der Waals surface area contributed by atoms with E-state index in [1.165, 1.54) is 18.0 Å². The van der Waals surface area contributed by atoms with Crippen molar-refractivity contribution < 1.29 is 23.4 Å². The highest BCUT2D eigenvalue weighted by Crippen LogP contribution is 2.33. The van der Waals surface area contributed by atoms with E-state index in [9.17, 15) is 19.2 Å². The van der Waals surface area contributed by atoms with Crippen molar-refractivity contribution in [2.24, 2.45) is 7.05 Å². The number of halogens is 1. The molecular weight excluding hydrogens is 537 g/mol. The largest absolute Gasteiger partial charge is 0.619 e. The molecule has 212 valence electrons. The van der Waals surface area contributed by atoms with Crippen molar-refractivity contribution in [3.63, 3.8) is 0 Å². The molecule has 2 heterocycles. The SMILES string of the molecule is COc1c[n+]([O-])cc(F)c1-c1ccc(NC(=O)C(NC(=O)c2ccnn2C)C(c2ccccc2)c2ccccc2)cc1. The fourth-order valence-electron chi connectivity index (χ4n) is 4.90. The van der Waals surface area contributed by atoms with Gasteiger partial charge < -0.3 is 20.6 Å². The third kappa shape index (κ3) is 5.97. The number of benzene rings is 3. The van der Waals surface area contributed by atoms with E-state index in [-0.39, 0.29) is 11.3 Å². The number of rotatable bonds is 9. The van der Waals surface area contributed by atoms with E-state index in [0.29, 0.717) is 21.7 Å². The normalized spacial score (nSPS) is 11.6. The van der Waals surface area contributed by atoms with Crippen LogP contribution in [0, 0.1) is 11.0 Å². The minimum absolute atomic E-state index is 0.0771. The van der Waals surface area contributed by atoms with Crippen LogP contribution in [0.25, 0.3) is 11.1 Å². The quantitative estimate of drug-likeness (QED) is 0.203. The summed E-state index contributed by atoms with van der Waals surface area (Å²) in [6, 6.07) is 26.0. The molecule has 3 aromatic carbocycles. The summed E-state index contributed by atoms with van der Waals surface area (Å²) < 4.78 is 21.6. The van der Waals surface area contributed by atoms with Gasteiger partial charge in [-0.15, -0.1) is 0 Å². The summed E-state index contributed by atoms with van der Waals surface area (Å²) in [6.45, 7) is 0. The molecule has 0 bridgehead atoms. The summed E-state index contributed by atoms with van der Waals surface area (Å²) in [4.78, 5) is 27.3. The minimum Gasteiger partial charge on any atom is -0.619 e. The van der Waals surface area contributed by atoms with Crippen molar-refractivity contribution in [3.8, 4) is 16.9 Å². The van der Waals surface area contributed by atoms with Crippen LogP contribution in [0.3, 0.4) is 0 Å². The molecule has 0 radical (unpaired) electrons. The fraction of sp³-hybridized carbons (Fsp3) is 0.125. The van der Waals surface area contributed by atoms with Gasteiger partial charge in [-0.3, -0.25) is 14.3 Å². The van der Waals surface area contributed by atoms with Gasteiger partial charge in [-0.1, -0.05) is 72.8 Å². The Bertz CT molecular complexity index is 1650. The van der Waals surface area contributed by atoms with E-state index >= 15 is 0 Å². The maximum absolute atomic E-state index is 14.7. The molecule has 0 saturated carbocycles. The van der Waals surface area contributed by atoms with Gasteiger partial charge in [0.2, 0.25) is 18.3 Å². The zero-order valence-corrected chi connectivity index (χ0v) is 22.9. The summed E-state index contributed by atoms with van der Waals surface area (Å²) >= 11 is 0. The van der Waals surface area contributed by atoms with Crippen molar-refractivity contribution in [2.75, 3.05) is 12.4 Å². The Morgan fingerprint density at radius 2 is 1.55 bits per heavy atom. The maximum Gasteiger partial charge on any atom is 0.270 e. The van der Waals surface area contributed by atoms with Crippen molar-refractivity contribution in [2.45, 2.75) is 12.0 Å². The Labute approximate surface area is 241 Å². The highest BCUT2D eigenvalue weighted by atomic mass is 19.1. The molecule has 1 unspecified atom stereocenters. The first-order valence-electron chi connectivity index (χ1n) is 13.1. The number of ether oxygens (including phenoxy) is 1. The van der Waals surface area contributed by atoms with Crippen LogP contribution in [0.1, 0.15) is 27.5 Å². The van der Waals surface area contributed by atoms with Crippen LogP contribution < -0.4 is 20.1 Å². The van der Waals surface area contributed by atoms with Crippen LogP contribution >= 0.6 is 0 Å². The van der Waals surface area contributed by atoms with Gasteiger partial charge in [0.25, 0.3) is 5.91 Å². The van der Waals surface area contributed by atoms with Gasteiger partial charge >= 0.3 is 0 Å². The van der Waals surface area contributed by atoms with Crippen LogP contribution in [0.2, 0.25) is 0 Å². The highest BCUT2D eigenvalue weighted by Gasteiger charge is 2.33. The predicted molar refractivity (Wildman–Crippen MR) is 155 cm³/mol. The van der Waals surface area contributed by atoms with E-state index in [1.54, 1.807) is 37.4 Å². The Balaban J connectivity index is 1.49. The molecule has 5 aromatic rings. The smallest absolute Gasteiger partial charge is 0.270 e. The van der Waals surface area contributed by atoms with Gasteiger partial charge in [-0.05, 0) is 34.9 Å². The summed E-state index contributed by atoms with van der Waals surface area (Å²) in [7, 11) is 3.00. The maximum atomic E-state index is 14.7. The molecule has 2 amide bonds. The van der Waals surface area contributed by atoms with Gasteiger partial charge in [0.1, 0.15) is 11.7 Å². The number of nitrogens with zero attached hydrogens (tertiary/aromatic N) is 3. The van der Waals surface area contributed by atoms with E-state index < -0.39 is 29.6 Å². The average Bonchev–Trinajstić information content (AvgIpc) is 3.44. The lowest BCUT2D eigenvalue weighted by Crippen LogP contribution is -2.48. The van der Waals surface area contributed by atoms with Crippen molar-refractivity contribution >= 4 is 17.5 Å². The third-order valence-electron chi connectivity index (χ3n) is 6.90. The third-order valence-corrected chi connectivity index (χ3v) is 6.90. The van der Waals surface area contributed by atoms with Crippen LogP contribution in [0.5, 0.6) is 5.75 Å². The van der Waals surface area contributed by atoms with Gasteiger partial charge in [-0.25, -0.2) is 0 Å². The molecule has 0 aliphatic heterocycles. The molecule has 5 rings (SSSR count). The molecule has 0 spiro atoms. The number of hydrogen-bond donors (Lipinski definition) is 2. The van der Waals surface area contributed by atoms with Gasteiger partial charge in [0.05, 0.1) is 12.7 Å². The van der Waals surface area contributed by atoms with Crippen LogP contribution in [0.15, 0.2) is 110 Å². The lowest BCUT2D eigenvalue weighted by molar-refractivity contribution is -0.607. The molecule has 9 nitrogen and oxygen atoms in total. The number of carbonyl (C=O) groups excluding carboxylic acids is 2. The summed E-state index contributed by atoms with van der Waals surface area (Å²) in [5.74, 6) is -2.09. The number of aryl methyl sites for hydroxylation is 1. The first-order valence-corrected chi connectivity index (χ1v) is 13.1. The second-order valence-corrected chi connectivity index (χ2v) is 9.57. The Hall–Kier alpha value is -5.51. The molecular formula is C32H28FN5O4. The van der Waals surface area contributed by atoms with Gasteiger partial charge in [0.15, 0.2) is 11.6 Å². The number of methoxy groups -OCH3 is 1. The van der Waals surface area contributed by atoms with Crippen molar-refractivity contribution in [3.05, 3.63) is 137 Å². The number of carbonyl (C=O) groups is 2. The first kappa shape index (κ1) is 28.0. The first-order chi connectivity index (χ1) is 20.4. The number of anilines is 1. The van der Waals surface area contributed by atoms with Crippen LogP contribution in [-0.2, 0) is 11.8 Å². The zero-order valence-electron chi connectivity index (χ0n) is 22.9. The van der Waals surface area contributed by atoms with Gasteiger partial charge in [0, 0.05) is 24.8 Å². The van der Waals surface area contributed by atoms with E-state index in [4.69, 9.17) is 4.74 Å². The lowest BCUT2D eigenvalue weighted by atomic mass is 9.84. The van der Waals surface area contributed by atoms with Crippen molar-refractivity contribution in [1.29, 1.82) is 0 Å². The molecule has 0 aliphatic rings. The Morgan fingerprint density at radius 1 is 0.929 bits per heavy atom. The highest BCUT2D eigenvalue weighted by molar-refractivity contribution is 6.01. The topological polar surface area (TPSA) is 112 Å². The standard InChI is InChI=1S/C32H28FN5O4/c1-37-26(17-18-34-37)31(39)36-30(28(21-9-5-3-6-10-21)22-11-7-4-8-12-22)32(40)35-24-15-13-23(14-16-24)29-25(33)19-38(41)20-27(29)42-2/h3-20,28,30H,1-2H3,(H,35,40)(H,36,39). The average molecular weight is 566 g/mol. The lowest BCUT2D eigenvalue weighted by Gasteiger charge is -2.28. The Morgan fingerprint density at radius 3 is 2.10 bits per heavy atom. The zero-order chi connectivity index (χ0) is 29.6. The van der Waals surface area contributed by atoms with E-state index in [2.05, 4.69) is 15.7 Å². The monoisotopic (exact) mass is 565 g/mol. The summed E-state index contributed by atoms with van der Waals surface area (Å²) in [6.07, 6.45) is 3.46. The van der Waals surface area contributed by atoms with Crippen LogP contribution in [0.4, 0.5) is 10.1 Å². The number of nitrogens with one attached hydrogen (secondary N) is 2. The molecule has 2 N–H and O–H groups in total. The molecule has 10 heteroatoms. The van der Waals surface area contributed by atoms with E-state index in [0.717, 1.165) is 23.5 Å². The van der Waals surface area contributed by atoms with Crippen LogP contribution in [-0.4, -0.2) is 34.7 Å². The number of hydrogen-bond acceptors (Lipinski definition) is 5. The molecule has 2 aromatic heterocycles.